The molecule has 0 unspecified atom stereocenters. The van der Waals surface area contributed by atoms with E-state index in [4.69, 9.17) is 0 Å². The standard InChI is InChI=1S/C14H19NO/c1-9-10-5-2-3-6-11(10)12-7-4-8-13(16)14(12)15-9/h4,7-11,15-16H,2-3,5-6H2,1H3/t9-,10+,11+/m0/s1. The van der Waals surface area contributed by atoms with E-state index in [0.717, 1.165) is 11.6 Å². The van der Waals surface area contributed by atoms with Gasteiger partial charge >= 0.3 is 0 Å². The van der Waals surface area contributed by atoms with Crippen LogP contribution >= 0.6 is 0 Å². The van der Waals surface area contributed by atoms with Crippen LogP contribution in [0.25, 0.3) is 0 Å². The van der Waals surface area contributed by atoms with Crippen LogP contribution in [0.2, 0.25) is 0 Å². The molecule has 1 aromatic carbocycles. The summed E-state index contributed by atoms with van der Waals surface area (Å²) in [6.07, 6.45) is 5.31. The van der Waals surface area contributed by atoms with Crippen LogP contribution in [0.15, 0.2) is 18.2 Å². The molecule has 1 aliphatic heterocycles. The van der Waals surface area contributed by atoms with E-state index < -0.39 is 0 Å². The lowest BCUT2D eigenvalue weighted by atomic mass is 9.70. The lowest BCUT2D eigenvalue weighted by Gasteiger charge is -2.42. The summed E-state index contributed by atoms with van der Waals surface area (Å²) in [7, 11) is 0. The number of phenols is 1. The largest absolute Gasteiger partial charge is 0.506 e. The molecule has 1 saturated carbocycles. The predicted octanol–water partition coefficient (Wildman–Crippen LogP) is 3.48. The Hall–Kier alpha value is -1.18. The summed E-state index contributed by atoms with van der Waals surface area (Å²) in [5, 5.41) is 13.4. The maximum Gasteiger partial charge on any atom is 0.138 e. The van der Waals surface area contributed by atoms with Gasteiger partial charge < -0.3 is 10.4 Å². The van der Waals surface area contributed by atoms with E-state index in [0.29, 0.717) is 17.7 Å². The number of anilines is 1. The molecule has 1 aromatic rings. The number of hydrogen-bond donors (Lipinski definition) is 2. The Morgan fingerprint density at radius 3 is 2.94 bits per heavy atom. The van der Waals surface area contributed by atoms with Crippen LogP contribution in [0, 0.1) is 5.92 Å². The number of hydrogen-bond acceptors (Lipinski definition) is 2. The molecule has 2 aliphatic rings. The summed E-state index contributed by atoms with van der Waals surface area (Å²) in [5.41, 5.74) is 2.32. The summed E-state index contributed by atoms with van der Waals surface area (Å²) >= 11 is 0. The first-order valence-corrected chi connectivity index (χ1v) is 6.36. The van der Waals surface area contributed by atoms with Gasteiger partial charge in [-0.25, -0.2) is 0 Å². The summed E-state index contributed by atoms with van der Waals surface area (Å²) in [6.45, 7) is 2.25. The van der Waals surface area contributed by atoms with Crippen molar-refractivity contribution in [1.29, 1.82) is 0 Å². The molecule has 3 rings (SSSR count). The molecule has 0 bridgehead atoms. The van der Waals surface area contributed by atoms with Gasteiger partial charge in [-0.3, -0.25) is 0 Å². The van der Waals surface area contributed by atoms with Gasteiger partial charge in [0, 0.05) is 6.04 Å². The van der Waals surface area contributed by atoms with Crippen LogP contribution in [0.4, 0.5) is 5.69 Å². The minimum absolute atomic E-state index is 0.411. The van der Waals surface area contributed by atoms with Gasteiger partial charge in [0.15, 0.2) is 0 Å². The molecule has 0 aromatic heterocycles. The third-order valence-electron chi connectivity index (χ3n) is 4.31. The van der Waals surface area contributed by atoms with Crippen LogP contribution in [0.3, 0.4) is 0 Å². The summed E-state index contributed by atoms with van der Waals surface area (Å²) in [5.74, 6) is 1.82. The summed E-state index contributed by atoms with van der Waals surface area (Å²) in [4.78, 5) is 0. The van der Waals surface area contributed by atoms with E-state index in [1.54, 1.807) is 6.07 Å². The van der Waals surface area contributed by atoms with Crippen LogP contribution in [-0.2, 0) is 0 Å². The monoisotopic (exact) mass is 217 g/mol. The third kappa shape index (κ3) is 1.40. The minimum atomic E-state index is 0.411. The normalized spacial score (nSPS) is 32.4. The fourth-order valence-electron chi connectivity index (χ4n) is 3.50. The van der Waals surface area contributed by atoms with Crippen molar-refractivity contribution in [2.75, 3.05) is 5.32 Å². The van der Waals surface area contributed by atoms with Gasteiger partial charge in [-0.1, -0.05) is 25.0 Å². The first-order valence-electron chi connectivity index (χ1n) is 6.36. The van der Waals surface area contributed by atoms with Gasteiger partial charge in [0.05, 0.1) is 5.69 Å². The Balaban J connectivity index is 2.06. The number of rotatable bonds is 0. The molecule has 2 N–H and O–H groups in total. The van der Waals surface area contributed by atoms with Crippen molar-refractivity contribution in [2.45, 2.75) is 44.6 Å². The topological polar surface area (TPSA) is 32.3 Å². The quantitative estimate of drug-likeness (QED) is 0.652. The van der Waals surface area contributed by atoms with Crippen LogP contribution in [0.1, 0.15) is 44.1 Å². The maximum absolute atomic E-state index is 9.90. The van der Waals surface area contributed by atoms with E-state index in [1.165, 1.54) is 31.2 Å². The lowest BCUT2D eigenvalue weighted by molar-refractivity contribution is 0.271. The number of nitrogens with one attached hydrogen (secondary N) is 1. The second kappa shape index (κ2) is 3.69. The molecular formula is C14H19NO. The van der Waals surface area contributed by atoms with Gasteiger partial charge in [-0.05, 0) is 43.2 Å². The van der Waals surface area contributed by atoms with Gasteiger partial charge in [0.25, 0.3) is 0 Å². The number of benzene rings is 1. The molecule has 86 valence electrons. The number of phenolic OH excluding ortho intramolecular Hbond substituents is 1. The zero-order valence-corrected chi connectivity index (χ0v) is 9.74. The maximum atomic E-state index is 9.90. The second-order valence-corrected chi connectivity index (χ2v) is 5.23. The zero-order chi connectivity index (χ0) is 11.1. The van der Waals surface area contributed by atoms with Gasteiger partial charge in [0.2, 0.25) is 0 Å². The Kier molecular flexibility index (Phi) is 2.31. The molecule has 3 atom stereocenters. The van der Waals surface area contributed by atoms with Gasteiger partial charge in [-0.2, -0.15) is 0 Å². The Labute approximate surface area is 96.7 Å². The Morgan fingerprint density at radius 1 is 1.25 bits per heavy atom. The molecule has 1 heterocycles. The molecule has 0 amide bonds. The second-order valence-electron chi connectivity index (χ2n) is 5.23. The van der Waals surface area contributed by atoms with E-state index >= 15 is 0 Å². The van der Waals surface area contributed by atoms with Crippen molar-refractivity contribution in [3.05, 3.63) is 23.8 Å². The highest BCUT2D eigenvalue weighted by atomic mass is 16.3. The molecule has 2 heteroatoms. The molecule has 0 spiro atoms. The zero-order valence-electron chi connectivity index (χ0n) is 9.74. The average molecular weight is 217 g/mol. The predicted molar refractivity (Wildman–Crippen MR) is 65.9 cm³/mol. The van der Waals surface area contributed by atoms with E-state index in [-0.39, 0.29) is 0 Å². The smallest absolute Gasteiger partial charge is 0.138 e. The van der Waals surface area contributed by atoms with Crippen LogP contribution in [-0.4, -0.2) is 11.1 Å². The van der Waals surface area contributed by atoms with Crippen molar-refractivity contribution in [3.8, 4) is 5.75 Å². The molecule has 2 nitrogen and oxygen atoms in total. The molecular weight excluding hydrogens is 198 g/mol. The Bertz CT molecular complexity index is 402. The highest BCUT2D eigenvalue weighted by Crippen LogP contribution is 2.48. The molecule has 0 radical (unpaired) electrons. The minimum Gasteiger partial charge on any atom is -0.506 e. The lowest BCUT2D eigenvalue weighted by Crippen LogP contribution is -2.37. The Morgan fingerprint density at radius 2 is 2.06 bits per heavy atom. The van der Waals surface area contributed by atoms with Gasteiger partial charge in [-0.15, -0.1) is 0 Å². The average Bonchev–Trinajstić information content (AvgIpc) is 2.31. The van der Waals surface area contributed by atoms with Crippen molar-refractivity contribution in [2.24, 2.45) is 5.92 Å². The van der Waals surface area contributed by atoms with Crippen molar-refractivity contribution in [1.82, 2.24) is 0 Å². The van der Waals surface area contributed by atoms with Crippen molar-refractivity contribution in [3.63, 3.8) is 0 Å². The highest BCUT2D eigenvalue weighted by Gasteiger charge is 2.36. The van der Waals surface area contributed by atoms with E-state index in [9.17, 15) is 5.11 Å². The fraction of sp³-hybridized carbons (Fsp3) is 0.571. The molecule has 1 aliphatic carbocycles. The van der Waals surface area contributed by atoms with E-state index in [2.05, 4.69) is 18.3 Å². The van der Waals surface area contributed by atoms with Crippen molar-refractivity contribution >= 4 is 5.69 Å². The SMILES string of the molecule is C[C@@H]1Nc2c(O)cccc2[C@@H]2CCCC[C@H]12. The van der Waals surface area contributed by atoms with Crippen LogP contribution in [0.5, 0.6) is 5.75 Å². The molecule has 0 saturated heterocycles. The molecule has 16 heavy (non-hydrogen) atoms. The summed E-state index contributed by atoms with van der Waals surface area (Å²) in [6, 6.07) is 6.42. The van der Waals surface area contributed by atoms with E-state index in [1.807, 2.05) is 6.07 Å². The number of para-hydroxylation sites is 1. The van der Waals surface area contributed by atoms with Crippen LogP contribution < -0.4 is 5.32 Å². The fourth-order valence-corrected chi connectivity index (χ4v) is 3.50. The summed E-state index contributed by atoms with van der Waals surface area (Å²) < 4.78 is 0. The highest BCUT2D eigenvalue weighted by molar-refractivity contribution is 5.65. The first kappa shape index (κ1) is 10.0. The molecule has 1 fully saturated rings. The van der Waals surface area contributed by atoms with Crippen molar-refractivity contribution < 1.29 is 5.11 Å². The number of fused-ring (bicyclic) bond motifs is 3. The first-order chi connectivity index (χ1) is 7.77. The number of aromatic hydroxyl groups is 1. The van der Waals surface area contributed by atoms with Gasteiger partial charge in [0.1, 0.15) is 5.75 Å². The third-order valence-corrected chi connectivity index (χ3v) is 4.31.